The minimum Gasteiger partial charge on any atom is -0.359 e. The van der Waals surface area contributed by atoms with Gasteiger partial charge in [0.2, 0.25) is 0 Å². The molecule has 1 atom stereocenters. The van der Waals surface area contributed by atoms with Crippen molar-refractivity contribution in [3.63, 3.8) is 0 Å². The van der Waals surface area contributed by atoms with E-state index in [1.807, 2.05) is 19.2 Å². The second kappa shape index (κ2) is 6.19. The lowest BCUT2D eigenvalue weighted by Gasteiger charge is -2.28. The van der Waals surface area contributed by atoms with Crippen LogP contribution in [-0.2, 0) is 0 Å². The zero-order valence-electron chi connectivity index (χ0n) is 11.6. The fraction of sp³-hybridized carbons (Fsp3) is 0.667. The molecule has 0 amide bonds. The highest BCUT2D eigenvalue weighted by molar-refractivity contribution is 5.40. The molecule has 1 aliphatic carbocycles. The van der Waals surface area contributed by atoms with Crippen molar-refractivity contribution < 1.29 is 0 Å². The van der Waals surface area contributed by atoms with Crippen molar-refractivity contribution in [2.45, 2.75) is 45.1 Å². The van der Waals surface area contributed by atoms with Gasteiger partial charge >= 0.3 is 0 Å². The predicted octanol–water partition coefficient (Wildman–Crippen LogP) is 3.12. The van der Waals surface area contributed by atoms with Gasteiger partial charge in [-0.2, -0.15) is 0 Å². The summed E-state index contributed by atoms with van der Waals surface area (Å²) < 4.78 is 0. The van der Waals surface area contributed by atoms with Gasteiger partial charge in [0.1, 0.15) is 5.82 Å². The van der Waals surface area contributed by atoms with Gasteiger partial charge in [0, 0.05) is 25.8 Å². The minimum absolute atomic E-state index is 0.0785. The van der Waals surface area contributed by atoms with Crippen LogP contribution in [0.3, 0.4) is 0 Å². The molecule has 100 valence electrons. The second-order valence-electron chi connectivity index (χ2n) is 5.62. The highest BCUT2D eigenvalue weighted by Gasteiger charge is 2.16. The molecular weight excluding hydrogens is 222 g/mol. The predicted molar refractivity (Wildman–Crippen MR) is 76.7 cm³/mol. The maximum atomic E-state index is 5.92. The number of nitrogens with zero attached hydrogens (tertiary/aromatic N) is 2. The molecule has 0 saturated heterocycles. The van der Waals surface area contributed by atoms with Crippen LogP contribution >= 0.6 is 0 Å². The largest absolute Gasteiger partial charge is 0.359 e. The first-order chi connectivity index (χ1) is 8.66. The third-order valence-corrected chi connectivity index (χ3v) is 3.94. The second-order valence-corrected chi connectivity index (χ2v) is 5.62. The lowest BCUT2D eigenvalue weighted by atomic mass is 9.89. The van der Waals surface area contributed by atoms with E-state index in [0.29, 0.717) is 0 Å². The summed E-state index contributed by atoms with van der Waals surface area (Å²) >= 11 is 0. The molecule has 0 radical (unpaired) electrons. The van der Waals surface area contributed by atoms with Crippen LogP contribution in [0.5, 0.6) is 0 Å². The van der Waals surface area contributed by atoms with Crippen molar-refractivity contribution in [3.05, 3.63) is 23.9 Å². The fourth-order valence-corrected chi connectivity index (χ4v) is 2.78. The highest BCUT2D eigenvalue weighted by atomic mass is 15.2. The van der Waals surface area contributed by atoms with E-state index in [1.54, 1.807) is 0 Å². The van der Waals surface area contributed by atoms with Gasteiger partial charge in [-0.15, -0.1) is 0 Å². The summed E-state index contributed by atoms with van der Waals surface area (Å²) in [6, 6.07) is 4.20. The van der Waals surface area contributed by atoms with Crippen LogP contribution < -0.4 is 10.6 Å². The van der Waals surface area contributed by atoms with Gasteiger partial charge in [-0.25, -0.2) is 4.98 Å². The van der Waals surface area contributed by atoms with Gasteiger partial charge in [-0.05, 0) is 43.4 Å². The number of hydrogen-bond donors (Lipinski definition) is 1. The van der Waals surface area contributed by atoms with E-state index < -0.39 is 0 Å². The number of pyridine rings is 1. The Hall–Kier alpha value is -1.09. The van der Waals surface area contributed by atoms with Crippen molar-refractivity contribution >= 4 is 5.82 Å². The third kappa shape index (κ3) is 3.45. The number of anilines is 1. The number of rotatable bonds is 4. The van der Waals surface area contributed by atoms with Crippen LogP contribution in [0, 0.1) is 5.92 Å². The molecule has 1 aromatic heterocycles. The fourth-order valence-electron chi connectivity index (χ4n) is 2.78. The quantitative estimate of drug-likeness (QED) is 0.889. The van der Waals surface area contributed by atoms with Gasteiger partial charge in [0.05, 0.1) is 0 Å². The molecule has 1 aromatic rings. The molecule has 0 bridgehead atoms. The Balaban J connectivity index is 1.99. The van der Waals surface area contributed by atoms with Crippen molar-refractivity contribution in [1.82, 2.24) is 4.98 Å². The maximum Gasteiger partial charge on any atom is 0.128 e. The molecule has 0 aliphatic heterocycles. The number of aromatic nitrogens is 1. The van der Waals surface area contributed by atoms with Crippen molar-refractivity contribution in [1.29, 1.82) is 0 Å². The van der Waals surface area contributed by atoms with E-state index in [0.717, 1.165) is 23.8 Å². The molecule has 1 heterocycles. The molecule has 0 unspecified atom stereocenters. The van der Waals surface area contributed by atoms with Crippen LogP contribution in [0.4, 0.5) is 5.82 Å². The lowest BCUT2D eigenvalue weighted by molar-refractivity contribution is 0.361. The molecule has 18 heavy (non-hydrogen) atoms. The molecule has 3 nitrogen and oxygen atoms in total. The van der Waals surface area contributed by atoms with Gasteiger partial charge in [-0.1, -0.05) is 19.3 Å². The summed E-state index contributed by atoms with van der Waals surface area (Å²) in [5.74, 6) is 1.89. The Morgan fingerprint density at radius 1 is 1.39 bits per heavy atom. The smallest absolute Gasteiger partial charge is 0.128 e. The Labute approximate surface area is 110 Å². The molecular formula is C15H25N3. The van der Waals surface area contributed by atoms with Gasteiger partial charge in [-0.3, -0.25) is 0 Å². The summed E-state index contributed by atoms with van der Waals surface area (Å²) in [7, 11) is 2.14. The molecule has 0 aromatic carbocycles. The average Bonchev–Trinajstić information content (AvgIpc) is 2.40. The van der Waals surface area contributed by atoms with Gasteiger partial charge in [0.25, 0.3) is 0 Å². The Morgan fingerprint density at radius 2 is 2.11 bits per heavy atom. The number of hydrogen-bond acceptors (Lipinski definition) is 3. The highest BCUT2D eigenvalue weighted by Crippen LogP contribution is 2.25. The molecule has 1 fully saturated rings. The van der Waals surface area contributed by atoms with E-state index >= 15 is 0 Å². The van der Waals surface area contributed by atoms with Crippen molar-refractivity contribution in [3.8, 4) is 0 Å². The standard InChI is InChI=1S/C15H25N3/c1-12(16)14-8-9-17-15(10-14)18(2)11-13-6-4-3-5-7-13/h8-10,12-13H,3-7,11,16H2,1-2H3/t12-/m0/s1. The molecule has 1 saturated carbocycles. The Kier molecular flexibility index (Phi) is 4.59. The lowest BCUT2D eigenvalue weighted by Crippen LogP contribution is -2.27. The van der Waals surface area contributed by atoms with E-state index in [-0.39, 0.29) is 6.04 Å². The molecule has 2 N–H and O–H groups in total. The van der Waals surface area contributed by atoms with Gasteiger partial charge < -0.3 is 10.6 Å². The molecule has 0 spiro atoms. The monoisotopic (exact) mass is 247 g/mol. The molecule has 2 rings (SSSR count). The SMILES string of the molecule is C[C@H](N)c1ccnc(N(C)CC2CCCCC2)c1. The maximum absolute atomic E-state index is 5.92. The minimum atomic E-state index is 0.0785. The van der Waals surface area contributed by atoms with E-state index in [9.17, 15) is 0 Å². The van der Waals surface area contributed by atoms with E-state index in [4.69, 9.17) is 5.73 Å². The van der Waals surface area contributed by atoms with Crippen molar-refractivity contribution in [2.75, 3.05) is 18.5 Å². The zero-order chi connectivity index (χ0) is 13.0. The summed E-state index contributed by atoms with van der Waals surface area (Å²) in [4.78, 5) is 6.74. The first kappa shape index (κ1) is 13.3. The summed E-state index contributed by atoms with van der Waals surface area (Å²) in [5, 5.41) is 0. The van der Waals surface area contributed by atoms with Crippen molar-refractivity contribution in [2.24, 2.45) is 11.7 Å². The third-order valence-electron chi connectivity index (χ3n) is 3.94. The first-order valence-corrected chi connectivity index (χ1v) is 7.09. The zero-order valence-corrected chi connectivity index (χ0v) is 11.6. The van der Waals surface area contributed by atoms with Crippen LogP contribution in [0.2, 0.25) is 0 Å². The van der Waals surface area contributed by atoms with Crippen LogP contribution in [0.25, 0.3) is 0 Å². The molecule has 3 heteroatoms. The summed E-state index contributed by atoms with van der Waals surface area (Å²) in [5.41, 5.74) is 7.08. The molecule has 1 aliphatic rings. The Bertz CT molecular complexity index is 370. The summed E-state index contributed by atoms with van der Waals surface area (Å²) in [6.45, 7) is 3.13. The average molecular weight is 247 g/mol. The van der Waals surface area contributed by atoms with Crippen LogP contribution in [-0.4, -0.2) is 18.6 Å². The van der Waals surface area contributed by atoms with E-state index in [2.05, 4.69) is 23.0 Å². The van der Waals surface area contributed by atoms with Crippen LogP contribution in [0.1, 0.15) is 50.6 Å². The topological polar surface area (TPSA) is 42.1 Å². The van der Waals surface area contributed by atoms with E-state index in [1.165, 1.54) is 32.1 Å². The summed E-state index contributed by atoms with van der Waals surface area (Å²) in [6.07, 6.45) is 8.82. The van der Waals surface area contributed by atoms with Crippen LogP contribution in [0.15, 0.2) is 18.3 Å². The van der Waals surface area contributed by atoms with Gasteiger partial charge in [0.15, 0.2) is 0 Å². The normalized spacial score (nSPS) is 18.6. The number of nitrogens with two attached hydrogens (primary N) is 1. The Morgan fingerprint density at radius 3 is 2.78 bits per heavy atom. The first-order valence-electron chi connectivity index (χ1n) is 7.09.